The molecule has 0 saturated carbocycles. The van der Waals surface area contributed by atoms with Crippen molar-refractivity contribution in [2.45, 2.75) is 13.0 Å². The van der Waals surface area contributed by atoms with E-state index in [1.165, 1.54) is 24.3 Å². The molecule has 100 valence electrons. The van der Waals surface area contributed by atoms with Crippen LogP contribution in [0.25, 0.3) is 0 Å². The molecular weight excluding hydrogens is 316 g/mol. The predicted octanol–water partition coefficient (Wildman–Crippen LogP) is 4.54. The van der Waals surface area contributed by atoms with Gasteiger partial charge in [0, 0.05) is 16.6 Å². The van der Waals surface area contributed by atoms with Gasteiger partial charge in [-0.2, -0.15) is 0 Å². The summed E-state index contributed by atoms with van der Waals surface area (Å²) in [6, 6.07) is 8.25. The summed E-state index contributed by atoms with van der Waals surface area (Å²) in [6.07, 6.45) is 0. The second kappa shape index (κ2) is 5.67. The Labute approximate surface area is 118 Å². The molecule has 2 N–H and O–H groups in total. The maximum Gasteiger partial charge on any atom is 0.166 e. The van der Waals surface area contributed by atoms with Gasteiger partial charge in [0.25, 0.3) is 0 Å². The molecule has 0 heterocycles. The lowest BCUT2D eigenvalue weighted by atomic mass is 10.1. The largest absolute Gasteiger partial charge is 0.454 e. The molecule has 1 atom stereocenters. The maximum atomic E-state index is 13.8. The zero-order chi connectivity index (χ0) is 14.0. The average Bonchev–Trinajstić information content (AvgIpc) is 2.30. The smallest absolute Gasteiger partial charge is 0.166 e. The van der Waals surface area contributed by atoms with Gasteiger partial charge < -0.3 is 10.5 Å². The van der Waals surface area contributed by atoms with E-state index in [4.69, 9.17) is 10.5 Å². The molecule has 5 heteroatoms. The third kappa shape index (κ3) is 3.52. The molecule has 0 bridgehead atoms. The van der Waals surface area contributed by atoms with Crippen LogP contribution in [-0.4, -0.2) is 0 Å². The van der Waals surface area contributed by atoms with E-state index < -0.39 is 11.6 Å². The molecule has 0 aliphatic carbocycles. The van der Waals surface area contributed by atoms with Crippen LogP contribution in [-0.2, 0) is 0 Å². The highest BCUT2D eigenvalue weighted by Gasteiger charge is 2.09. The number of rotatable bonds is 3. The van der Waals surface area contributed by atoms with Gasteiger partial charge in [0.2, 0.25) is 0 Å². The van der Waals surface area contributed by atoms with Crippen LogP contribution in [0.2, 0.25) is 0 Å². The number of hydrogen-bond acceptors (Lipinski definition) is 2. The zero-order valence-corrected chi connectivity index (χ0v) is 11.7. The van der Waals surface area contributed by atoms with E-state index in [-0.39, 0.29) is 17.5 Å². The minimum atomic E-state index is -0.532. The average molecular weight is 328 g/mol. The third-order valence-corrected chi connectivity index (χ3v) is 3.00. The Balaban J connectivity index is 2.28. The first kappa shape index (κ1) is 14.0. The first-order valence-electron chi connectivity index (χ1n) is 5.64. The van der Waals surface area contributed by atoms with Crippen LogP contribution in [0.3, 0.4) is 0 Å². The van der Waals surface area contributed by atoms with Crippen molar-refractivity contribution < 1.29 is 13.5 Å². The molecule has 0 aliphatic heterocycles. The summed E-state index contributed by atoms with van der Waals surface area (Å²) in [5.74, 6) is -0.742. The summed E-state index contributed by atoms with van der Waals surface area (Å²) >= 11 is 3.15. The highest BCUT2D eigenvalue weighted by atomic mass is 79.9. The van der Waals surface area contributed by atoms with Crippen molar-refractivity contribution in [3.63, 3.8) is 0 Å². The lowest BCUT2D eigenvalue weighted by Crippen LogP contribution is -2.05. The standard InChI is InChI=1S/C14H12BrF2NO/c1-8(18)9-2-3-14(13(17)4-9)19-12-6-10(15)5-11(16)7-12/h2-8H,18H2,1H3/t8-/m0/s1. The van der Waals surface area contributed by atoms with Crippen molar-refractivity contribution in [1.29, 1.82) is 0 Å². The first-order chi connectivity index (χ1) is 8.95. The Morgan fingerprint density at radius 2 is 1.89 bits per heavy atom. The summed E-state index contributed by atoms with van der Waals surface area (Å²) in [6.45, 7) is 1.76. The van der Waals surface area contributed by atoms with Crippen molar-refractivity contribution >= 4 is 15.9 Å². The summed E-state index contributed by atoms with van der Waals surface area (Å²) in [4.78, 5) is 0. The first-order valence-corrected chi connectivity index (χ1v) is 6.44. The lowest BCUT2D eigenvalue weighted by molar-refractivity contribution is 0.437. The summed E-state index contributed by atoms with van der Waals surface area (Å²) in [7, 11) is 0. The van der Waals surface area contributed by atoms with Crippen LogP contribution in [0.4, 0.5) is 8.78 Å². The minimum absolute atomic E-state index is 0.0295. The minimum Gasteiger partial charge on any atom is -0.454 e. The number of ether oxygens (including phenoxy) is 1. The van der Waals surface area contributed by atoms with Crippen molar-refractivity contribution in [2.24, 2.45) is 5.73 Å². The van der Waals surface area contributed by atoms with Gasteiger partial charge >= 0.3 is 0 Å². The van der Waals surface area contributed by atoms with Crippen LogP contribution in [0.15, 0.2) is 40.9 Å². The Hall–Kier alpha value is -1.46. The second-order valence-corrected chi connectivity index (χ2v) is 5.10. The normalized spacial score (nSPS) is 12.3. The summed E-state index contributed by atoms with van der Waals surface area (Å²) < 4.78 is 32.8. The molecule has 0 aliphatic rings. The third-order valence-electron chi connectivity index (χ3n) is 2.55. The van der Waals surface area contributed by atoms with E-state index in [0.29, 0.717) is 10.0 Å². The molecule has 0 spiro atoms. The van der Waals surface area contributed by atoms with E-state index >= 15 is 0 Å². The molecule has 0 fully saturated rings. The maximum absolute atomic E-state index is 13.8. The fourth-order valence-electron chi connectivity index (χ4n) is 1.60. The Kier molecular flexibility index (Phi) is 4.17. The zero-order valence-electron chi connectivity index (χ0n) is 10.2. The van der Waals surface area contributed by atoms with Gasteiger partial charge in [-0.15, -0.1) is 0 Å². The molecule has 2 nitrogen and oxygen atoms in total. The van der Waals surface area contributed by atoms with Gasteiger partial charge in [-0.1, -0.05) is 22.0 Å². The molecular formula is C14H12BrF2NO. The quantitative estimate of drug-likeness (QED) is 0.898. The fourth-order valence-corrected chi connectivity index (χ4v) is 2.04. The fraction of sp³-hybridized carbons (Fsp3) is 0.143. The monoisotopic (exact) mass is 327 g/mol. The molecule has 0 aromatic heterocycles. The predicted molar refractivity (Wildman–Crippen MR) is 73.2 cm³/mol. The molecule has 2 rings (SSSR count). The van der Waals surface area contributed by atoms with Crippen LogP contribution in [0.1, 0.15) is 18.5 Å². The molecule has 0 saturated heterocycles. The highest BCUT2D eigenvalue weighted by Crippen LogP contribution is 2.29. The van der Waals surface area contributed by atoms with Crippen molar-refractivity contribution in [1.82, 2.24) is 0 Å². The molecule has 0 amide bonds. The van der Waals surface area contributed by atoms with E-state index in [0.717, 1.165) is 0 Å². The molecule has 0 unspecified atom stereocenters. The van der Waals surface area contributed by atoms with Crippen molar-refractivity contribution in [3.8, 4) is 11.5 Å². The molecule has 2 aromatic rings. The van der Waals surface area contributed by atoms with Gasteiger partial charge in [-0.05, 0) is 36.8 Å². The number of hydrogen-bond donors (Lipinski definition) is 1. The molecule has 19 heavy (non-hydrogen) atoms. The van der Waals surface area contributed by atoms with Crippen LogP contribution in [0.5, 0.6) is 11.5 Å². The van der Waals surface area contributed by atoms with E-state index in [2.05, 4.69) is 15.9 Å². The molecule has 2 aromatic carbocycles. The lowest BCUT2D eigenvalue weighted by Gasteiger charge is -2.10. The summed E-state index contributed by atoms with van der Waals surface area (Å²) in [5, 5.41) is 0. The summed E-state index contributed by atoms with van der Waals surface area (Å²) in [5.41, 5.74) is 6.33. The van der Waals surface area contributed by atoms with Gasteiger partial charge in [0.15, 0.2) is 11.6 Å². The highest BCUT2D eigenvalue weighted by molar-refractivity contribution is 9.10. The van der Waals surface area contributed by atoms with Gasteiger partial charge in [0.05, 0.1) is 0 Å². The molecule has 0 radical (unpaired) electrons. The van der Waals surface area contributed by atoms with Crippen LogP contribution >= 0.6 is 15.9 Å². The topological polar surface area (TPSA) is 35.2 Å². The number of benzene rings is 2. The number of halogens is 3. The van der Waals surface area contributed by atoms with Gasteiger partial charge in [-0.3, -0.25) is 0 Å². The SMILES string of the molecule is C[C@H](N)c1ccc(Oc2cc(F)cc(Br)c2)c(F)c1. The van der Waals surface area contributed by atoms with Crippen LogP contribution < -0.4 is 10.5 Å². The van der Waals surface area contributed by atoms with Crippen molar-refractivity contribution in [3.05, 3.63) is 58.1 Å². The van der Waals surface area contributed by atoms with E-state index in [1.54, 1.807) is 19.1 Å². The van der Waals surface area contributed by atoms with Gasteiger partial charge in [0.1, 0.15) is 11.6 Å². The Morgan fingerprint density at radius 3 is 2.47 bits per heavy atom. The van der Waals surface area contributed by atoms with Gasteiger partial charge in [-0.25, -0.2) is 8.78 Å². The Morgan fingerprint density at radius 1 is 1.16 bits per heavy atom. The van der Waals surface area contributed by atoms with E-state index in [9.17, 15) is 8.78 Å². The van der Waals surface area contributed by atoms with Crippen LogP contribution in [0, 0.1) is 11.6 Å². The number of nitrogens with two attached hydrogens (primary N) is 1. The second-order valence-electron chi connectivity index (χ2n) is 4.19. The van der Waals surface area contributed by atoms with Crippen molar-refractivity contribution in [2.75, 3.05) is 0 Å². The Bertz CT molecular complexity index is 582. The van der Waals surface area contributed by atoms with E-state index in [1.807, 2.05) is 0 Å².